The van der Waals surface area contributed by atoms with E-state index < -0.39 is 0 Å². The zero-order valence-electron chi connectivity index (χ0n) is 28.3. The molecule has 8 aromatic carbocycles. The van der Waals surface area contributed by atoms with Gasteiger partial charge in [0.05, 0.1) is 5.69 Å². The van der Waals surface area contributed by atoms with Crippen molar-refractivity contribution in [1.82, 2.24) is 4.98 Å². The Morgan fingerprint density at radius 2 is 0.942 bits per heavy atom. The molecule has 1 aliphatic rings. The Labute approximate surface area is 302 Å². The third kappa shape index (κ3) is 5.10. The number of rotatable bonds is 7. The van der Waals surface area contributed by atoms with Gasteiger partial charge in [0.15, 0.2) is 5.76 Å². The summed E-state index contributed by atoms with van der Waals surface area (Å²) in [5, 5.41) is 2.31. The van der Waals surface area contributed by atoms with Gasteiger partial charge in [-0.2, -0.15) is 0 Å². The van der Waals surface area contributed by atoms with E-state index in [4.69, 9.17) is 9.40 Å². The van der Waals surface area contributed by atoms with Gasteiger partial charge in [0.1, 0.15) is 5.69 Å². The van der Waals surface area contributed by atoms with Crippen molar-refractivity contribution in [3.05, 3.63) is 194 Å². The molecule has 10 rings (SSSR count). The normalized spacial score (nSPS) is 11.5. The molecular formula is C49H32N2O. The zero-order valence-corrected chi connectivity index (χ0v) is 28.3. The van der Waals surface area contributed by atoms with Crippen LogP contribution in [-0.2, 0) is 0 Å². The van der Waals surface area contributed by atoms with Gasteiger partial charge in [-0.15, -0.1) is 0 Å². The molecule has 0 atom stereocenters. The second kappa shape index (κ2) is 12.4. The summed E-state index contributed by atoms with van der Waals surface area (Å²) in [7, 11) is 0. The van der Waals surface area contributed by atoms with Crippen LogP contribution in [0.3, 0.4) is 0 Å². The summed E-state index contributed by atoms with van der Waals surface area (Å²) >= 11 is 0. The quantitative estimate of drug-likeness (QED) is 0.170. The van der Waals surface area contributed by atoms with Crippen LogP contribution in [0.1, 0.15) is 0 Å². The summed E-state index contributed by atoms with van der Waals surface area (Å²) in [5.74, 6) is 1.47. The highest BCUT2D eigenvalue weighted by Gasteiger charge is 2.30. The summed E-state index contributed by atoms with van der Waals surface area (Å²) in [6, 6.07) is 68.7. The van der Waals surface area contributed by atoms with E-state index >= 15 is 0 Å². The number of oxazole rings is 1. The van der Waals surface area contributed by atoms with E-state index in [2.05, 4.69) is 169 Å². The minimum absolute atomic E-state index is 0.645. The van der Waals surface area contributed by atoms with Crippen LogP contribution in [0.15, 0.2) is 199 Å². The first kappa shape index (κ1) is 29.9. The first-order chi connectivity index (χ1) is 25.8. The Morgan fingerprint density at radius 1 is 0.385 bits per heavy atom. The van der Waals surface area contributed by atoms with Crippen LogP contribution in [0.25, 0.3) is 78.2 Å². The maximum absolute atomic E-state index is 6.49. The second-order valence-electron chi connectivity index (χ2n) is 13.2. The molecule has 3 nitrogen and oxygen atoms in total. The largest absolute Gasteiger partial charge is 0.435 e. The van der Waals surface area contributed by atoms with Gasteiger partial charge in [0.2, 0.25) is 5.89 Å². The van der Waals surface area contributed by atoms with Gasteiger partial charge in [-0.05, 0) is 88.0 Å². The molecule has 0 fully saturated rings. The van der Waals surface area contributed by atoms with Crippen molar-refractivity contribution in [3.8, 4) is 67.4 Å². The van der Waals surface area contributed by atoms with Crippen LogP contribution >= 0.6 is 0 Å². The van der Waals surface area contributed by atoms with Crippen molar-refractivity contribution in [1.29, 1.82) is 0 Å². The summed E-state index contributed by atoms with van der Waals surface area (Å²) in [5.41, 5.74) is 14.4. The van der Waals surface area contributed by atoms with Gasteiger partial charge in [0, 0.05) is 38.8 Å². The molecule has 0 radical (unpaired) electrons. The third-order valence-corrected chi connectivity index (χ3v) is 10.0. The SMILES string of the molecule is c1ccc(-c2cccc(-c3ccc(N(c4cccc(-c5ccccc5)c4)c4ccc5c6c(cccc46)-c4oc(-c6ccccc6)nc4-5)cc3)c2)cc1. The van der Waals surface area contributed by atoms with Crippen molar-refractivity contribution in [2.24, 2.45) is 0 Å². The number of fused-ring (bicyclic) bond motifs is 3. The van der Waals surface area contributed by atoms with Gasteiger partial charge in [0.25, 0.3) is 0 Å². The molecule has 9 aromatic rings. The van der Waals surface area contributed by atoms with Gasteiger partial charge >= 0.3 is 0 Å². The maximum atomic E-state index is 6.49. The van der Waals surface area contributed by atoms with E-state index in [-0.39, 0.29) is 0 Å². The van der Waals surface area contributed by atoms with Crippen LogP contribution < -0.4 is 4.90 Å². The minimum Gasteiger partial charge on any atom is -0.435 e. The van der Waals surface area contributed by atoms with E-state index in [0.29, 0.717) is 5.89 Å². The lowest BCUT2D eigenvalue weighted by atomic mass is 9.98. The highest BCUT2D eigenvalue weighted by atomic mass is 16.4. The number of hydrogen-bond acceptors (Lipinski definition) is 3. The first-order valence-corrected chi connectivity index (χ1v) is 17.6. The molecule has 1 heterocycles. The Kier molecular flexibility index (Phi) is 7.14. The molecule has 244 valence electrons. The van der Waals surface area contributed by atoms with E-state index in [9.17, 15) is 0 Å². The zero-order chi connectivity index (χ0) is 34.4. The smallest absolute Gasteiger partial charge is 0.227 e. The van der Waals surface area contributed by atoms with Crippen molar-refractivity contribution in [2.75, 3.05) is 4.90 Å². The van der Waals surface area contributed by atoms with Crippen molar-refractivity contribution in [3.63, 3.8) is 0 Å². The molecule has 0 spiro atoms. The maximum Gasteiger partial charge on any atom is 0.227 e. The fourth-order valence-corrected chi connectivity index (χ4v) is 7.56. The van der Waals surface area contributed by atoms with E-state index in [1.165, 1.54) is 38.8 Å². The van der Waals surface area contributed by atoms with E-state index in [0.717, 1.165) is 50.6 Å². The second-order valence-corrected chi connectivity index (χ2v) is 13.2. The molecule has 0 amide bonds. The molecule has 1 aliphatic carbocycles. The van der Waals surface area contributed by atoms with Crippen molar-refractivity contribution < 1.29 is 4.42 Å². The number of aromatic nitrogens is 1. The van der Waals surface area contributed by atoms with E-state index in [1.807, 2.05) is 30.3 Å². The number of anilines is 3. The molecule has 3 heteroatoms. The Hall–Kier alpha value is -6.97. The van der Waals surface area contributed by atoms with Gasteiger partial charge in [-0.3, -0.25) is 0 Å². The number of nitrogens with zero attached hydrogens (tertiary/aromatic N) is 2. The summed E-state index contributed by atoms with van der Waals surface area (Å²) in [4.78, 5) is 7.40. The topological polar surface area (TPSA) is 29.3 Å². The summed E-state index contributed by atoms with van der Waals surface area (Å²) < 4.78 is 6.49. The van der Waals surface area contributed by atoms with Crippen LogP contribution in [0.4, 0.5) is 17.1 Å². The van der Waals surface area contributed by atoms with Crippen LogP contribution in [0, 0.1) is 0 Å². The van der Waals surface area contributed by atoms with Crippen LogP contribution in [0.5, 0.6) is 0 Å². The molecule has 1 aromatic heterocycles. The fraction of sp³-hybridized carbons (Fsp3) is 0. The highest BCUT2D eigenvalue weighted by Crippen LogP contribution is 2.52. The highest BCUT2D eigenvalue weighted by molar-refractivity contribution is 6.17. The Bertz CT molecular complexity index is 2690. The summed E-state index contributed by atoms with van der Waals surface area (Å²) in [6.07, 6.45) is 0. The predicted octanol–water partition coefficient (Wildman–Crippen LogP) is 13.6. The predicted molar refractivity (Wildman–Crippen MR) is 215 cm³/mol. The van der Waals surface area contributed by atoms with Crippen molar-refractivity contribution in [2.45, 2.75) is 0 Å². The Balaban J connectivity index is 1.10. The molecule has 0 N–H and O–H groups in total. The lowest BCUT2D eigenvalue weighted by molar-refractivity contribution is 0.590. The lowest BCUT2D eigenvalue weighted by Gasteiger charge is -2.28. The van der Waals surface area contributed by atoms with Gasteiger partial charge in [-0.1, -0.05) is 140 Å². The third-order valence-electron chi connectivity index (χ3n) is 10.0. The lowest BCUT2D eigenvalue weighted by Crippen LogP contribution is -2.10. The molecule has 52 heavy (non-hydrogen) atoms. The van der Waals surface area contributed by atoms with E-state index in [1.54, 1.807) is 0 Å². The monoisotopic (exact) mass is 664 g/mol. The molecule has 0 unspecified atom stereocenters. The molecule has 0 saturated heterocycles. The van der Waals surface area contributed by atoms with Gasteiger partial charge in [-0.25, -0.2) is 4.98 Å². The number of benzene rings is 8. The fourth-order valence-electron chi connectivity index (χ4n) is 7.56. The average Bonchev–Trinajstić information content (AvgIpc) is 3.80. The molecule has 0 aliphatic heterocycles. The first-order valence-electron chi connectivity index (χ1n) is 17.6. The van der Waals surface area contributed by atoms with Gasteiger partial charge < -0.3 is 9.32 Å². The average molecular weight is 665 g/mol. The van der Waals surface area contributed by atoms with Crippen molar-refractivity contribution >= 4 is 27.8 Å². The summed E-state index contributed by atoms with van der Waals surface area (Å²) in [6.45, 7) is 0. The van der Waals surface area contributed by atoms with Crippen LogP contribution in [0.2, 0.25) is 0 Å². The Morgan fingerprint density at radius 3 is 1.62 bits per heavy atom. The standard InChI is InChI=1S/C49H32N2O/c1-4-13-33(14-5-1)37-19-10-20-38(31-37)35-25-27-40(28-26-35)51(41-22-11-21-39(32-41)34-15-6-2-7-16-34)45-30-29-43-46-42(45)23-12-24-44(46)48-47(43)50-49(52-48)36-17-8-3-9-18-36/h1-32H. The van der Waals surface area contributed by atoms with Crippen LogP contribution in [-0.4, -0.2) is 4.98 Å². The molecule has 0 bridgehead atoms. The minimum atomic E-state index is 0.645. The molecule has 0 saturated carbocycles. The number of hydrogen-bond donors (Lipinski definition) is 0. The molecular weight excluding hydrogens is 633 g/mol.